The molecule has 0 saturated heterocycles. The zero-order chi connectivity index (χ0) is 21.9. The van der Waals surface area contributed by atoms with Gasteiger partial charge in [0.15, 0.2) is 5.75 Å². The molecular formula is C20H27N3O5S2. The molecule has 164 valence electrons. The quantitative estimate of drug-likeness (QED) is 0.592. The number of aliphatic hydroxyl groups is 1. The number of nitrogens with one attached hydrogen (secondary N) is 2. The van der Waals surface area contributed by atoms with E-state index in [1.54, 1.807) is 48.5 Å². The van der Waals surface area contributed by atoms with Crippen LogP contribution >= 0.6 is 11.3 Å². The molecule has 0 aliphatic carbocycles. The molecule has 3 rings (SSSR count). The smallest absolute Gasteiger partial charge is 0.271 e. The van der Waals surface area contributed by atoms with Gasteiger partial charge in [-0.05, 0) is 37.6 Å². The minimum absolute atomic E-state index is 0.0505. The van der Waals surface area contributed by atoms with Crippen LogP contribution in [0.1, 0.15) is 24.2 Å². The highest BCUT2D eigenvalue weighted by Gasteiger charge is 2.34. The summed E-state index contributed by atoms with van der Waals surface area (Å²) in [4.78, 5) is 14.9. The molecule has 0 unspecified atom stereocenters. The molecule has 0 fully saturated rings. The number of aliphatic hydroxyl groups excluding tert-OH is 1. The fourth-order valence-electron chi connectivity index (χ4n) is 3.38. The minimum atomic E-state index is -3.81. The Morgan fingerprint density at radius 1 is 1.33 bits per heavy atom. The number of carbonyl (C=O) groups is 1. The molecule has 3 N–H and O–H groups in total. The van der Waals surface area contributed by atoms with E-state index in [0.717, 1.165) is 11.3 Å². The summed E-state index contributed by atoms with van der Waals surface area (Å²) in [6, 6.07) is 7.61. The fraction of sp³-hybridized carbons (Fsp3) is 0.450. The molecule has 10 heteroatoms. The number of para-hydroxylation sites is 1. The first-order valence-electron chi connectivity index (χ1n) is 9.71. The zero-order valence-corrected chi connectivity index (χ0v) is 18.8. The van der Waals surface area contributed by atoms with E-state index >= 15 is 0 Å². The van der Waals surface area contributed by atoms with Crippen LogP contribution in [-0.2, 0) is 10.0 Å². The standard InChI is InChI=1S/C20H27N3O5S2/c1-13-11-23(14(2)12-24)20(25)15-6-4-7-16(19(15)28-17(13)10-21-3)22-30(26,27)18-8-5-9-29-18/h4-9,13-14,17,21-22,24H,10-12H2,1-3H3/t13-,14-,17+/m1/s1. The molecule has 30 heavy (non-hydrogen) atoms. The Morgan fingerprint density at radius 3 is 2.73 bits per heavy atom. The van der Waals surface area contributed by atoms with Crippen LogP contribution in [0.4, 0.5) is 5.69 Å². The van der Waals surface area contributed by atoms with Crippen LogP contribution in [0.25, 0.3) is 0 Å². The Labute approximate surface area is 180 Å². The third-order valence-corrected chi connectivity index (χ3v) is 7.86. The molecule has 1 aromatic carbocycles. The van der Waals surface area contributed by atoms with E-state index in [1.165, 1.54) is 6.07 Å². The van der Waals surface area contributed by atoms with Crippen LogP contribution in [0, 0.1) is 5.92 Å². The molecule has 0 saturated carbocycles. The third-order valence-electron chi connectivity index (χ3n) is 5.10. The summed E-state index contributed by atoms with van der Waals surface area (Å²) in [5.41, 5.74) is 0.468. The van der Waals surface area contributed by atoms with Crippen molar-refractivity contribution >= 4 is 33.0 Å². The highest BCUT2D eigenvalue weighted by molar-refractivity contribution is 7.94. The first-order valence-corrected chi connectivity index (χ1v) is 12.1. The number of thiophene rings is 1. The Balaban J connectivity index is 2.08. The van der Waals surface area contributed by atoms with Crippen molar-refractivity contribution in [2.45, 2.75) is 30.2 Å². The van der Waals surface area contributed by atoms with E-state index in [-0.39, 0.29) is 51.8 Å². The van der Waals surface area contributed by atoms with Crippen molar-refractivity contribution in [3.8, 4) is 5.75 Å². The molecule has 8 nitrogen and oxygen atoms in total. The maximum atomic E-state index is 13.3. The van der Waals surface area contributed by atoms with E-state index in [0.29, 0.717) is 13.1 Å². The lowest BCUT2D eigenvalue weighted by atomic mass is 9.99. The number of benzene rings is 1. The molecule has 3 atom stereocenters. The lowest BCUT2D eigenvalue weighted by Crippen LogP contribution is -2.49. The molecule has 1 aromatic heterocycles. The van der Waals surface area contributed by atoms with Crippen molar-refractivity contribution in [3.05, 3.63) is 41.3 Å². The van der Waals surface area contributed by atoms with E-state index in [1.807, 2.05) is 6.92 Å². The molecule has 0 bridgehead atoms. The Bertz CT molecular complexity index is 978. The molecule has 0 radical (unpaired) electrons. The van der Waals surface area contributed by atoms with E-state index in [9.17, 15) is 18.3 Å². The summed E-state index contributed by atoms with van der Waals surface area (Å²) >= 11 is 1.11. The maximum Gasteiger partial charge on any atom is 0.271 e. The van der Waals surface area contributed by atoms with Crippen molar-refractivity contribution in [3.63, 3.8) is 0 Å². The van der Waals surface area contributed by atoms with E-state index in [4.69, 9.17) is 4.74 Å². The lowest BCUT2D eigenvalue weighted by Gasteiger charge is -2.37. The second-order valence-electron chi connectivity index (χ2n) is 7.40. The predicted molar refractivity (Wildman–Crippen MR) is 117 cm³/mol. The van der Waals surface area contributed by atoms with Crippen LogP contribution in [0.2, 0.25) is 0 Å². The Morgan fingerprint density at radius 2 is 2.10 bits per heavy atom. The highest BCUT2D eigenvalue weighted by atomic mass is 32.2. The van der Waals surface area contributed by atoms with Gasteiger partial charge in [-0.15, -0.1) is 11.3 Å². The summed E-state index contributed by atoms with van der Waals surface area (Å²) in [5, 5.41) is 14.4. The van der Waals surface area contributed by atoms with Gasteiger partial charge in [-0.1, -0.05) is 19.1 Å². The van der Waals surface area contributed by atoms with Crippen LogP contribution in [0.5, 0.6) is 5.75 Å². The van der Waals surface area contributed by atoms with Gasteiger partial charge in [0.25, 0.3) is 15.9 Å². The van der Waals surface area contributed by atoms with Gasteiger partial charge >= 0.3 is 0 Å². The molecule has 1 aliphatic heterocycles. The summed E-state index contributed by atoms with van der Waals surface area (Å²) in [6.07, 6.45) is -0.303. The van der Waals surface area contributed by atoms with Crippen LogP contribution in [-0.4, -0.2) is 63.2 Å². The molecule has 2 heterocycles. The molecule has 1 aliphatic rings. The first kappa shape index (κ1) is 22.5. The molecular weight excluding hydrogens is 426 g/mol. The molecule has 0 spiro atoms. The zero-order valence-electron chi connectivity index (χ0n) is 17.2. The minimum Gasteiger partial charge on any atom is -0.486 e. The lowest BCUT2D eigenvalue weighted by molar-refractivity contribution is 0.0417. The molecule has 2 aromatic rings. The monoisotopic (exact) mass is 453 g/mol. The van der Waals surface area contributed by atoms with Crippen molar-refractivity contribution in [2.24, 2.45) is 5.92 Å². The van der Waals surface area contributed by atoms with Gasteiger partial charge in [-0.2, -0.15) is 0 Å². The number of amides is 1. The number of nitrogens with zero attached hydrogens (tertiary/aromatic N) is 1. The van der Waals surface area contributed by atoms with Crippen LogP contribution < -0.4 is 14.8 Å². The normalized spacial score (nSPS) is 20.7. The number of likely N-dealkylation sites (N-methyl/N-ethyl adjacent to an activating group) is 1. The van der Waals surface area contributed by atoms with E-state index < -0.39 is 10.0 Å². The first-order chi connectivity index (χ1) is 14.3. The largest absolute Gasteiger partial charge is 0.486 e. The number of hydrogen-bond acceptors (Lipinski definition) is 7. The van der Waals surface area contributed by atoms with Crippen LogP contribution in [0.3, 0.4) is 0 Å². The van der Waals surface area contributed by atoms with Crippen molar-refractivity contribution in [1.82, 2.24) is 10.2 Å². The number of sulfonamides is 1. The number of carbonyl (C=O) groups excluding carboxylic acids is 1. The van der Waals surface area contributed by atoms with Crippen molar-refractivity contribution in [1.29, 1.82) is 0 Å². The summed E-state index contributed by atoms with van der Waals surface area (Å²) in [5.74, 6) is -0.159. The van der Waals surface area contributed by atoms with Gasteiger partial charge in [0.1, 0.15) is 10.3 Å². The van der Waals surface area contributed by atoms with E-state index in [2.05, 4.69) is 10.0 Å². The number of anilines is 1. The Hall–Kier alpha value is -2.14. The summed E-state index contributed by atoms with van der Waals surface area (Å²) < 4.78 is 34.5. The van der Waals surface area contributed by atoms with Crippen molar-refractivity contribution in [2.75, 3.05) is 31.5 Å². The fourth-order valence-corrected chi connectivity index (χ4v) is 5.44. The van der Waals surface area contributed by atoms with Crippen molar-refractivity contribution < 1.29 is 23.1 Å². The predicted octanol–water partition coefficient (Wildman–Crippen LogP) is 1.99. The topological polar surface area (TPSA) is 108 Å². The van der Waals surface area contributed by atoms with Gasteiger partial charge < -0.3 is 20.1 Å². The van der Waals surface area contributed by atoms with Gasteiger partial charge in [0, 0.05) is 19.0 Å². The maximum absolute atomic E-state index is 13.3. The SMILES string of the molecule is CNC[C@@H]1Oc2c(NS(=O)(=O)c3cccs3)cccc2C(=O)N([C@H](C)CO)C[C@H]1C. The van der Waals surface area contributed by atoms with Gasteiger partial charge in [-0.3, -0.25) is 9.52 Å². The third kappa shape index (κ3) is 4.61. The Kier molecular flexibility index (Phi) is 7.02. The number of hydrogen-bond donors (Lipinski definition) is 3. The number of fused-ring (bicyclic) bond motifs is 1. The second-order valence-corrected chi connectivity index (χ2v) is 10.3. The average Bonchev–Trinajstić information content (AvgIpc) is 3.26. The molecule has 1 amide bonds. The highest BCUT2D eigenvalue weighted by Crippen LogP contribution is 2.36. The van der Waals surface area contributed by atoms with Crippen LogP contribution in [0.15, 0.2) is 39.9 Å². The number of rotatable bonds is 7. The summed E-state index contributed by atoms with van der Waals surface area (Å²) in [6.45, 7) is 4.51. The van der Waals surface area contributed by atoms with Gasteiger partial charge in [-0.25, -0.2) is 8.42 Å². The van der Waals surface area contributed by atoms with Gasteiger partial charge in [0.2, 0.25) is 0 Å². The average molecular weight is 454 g/mol. The number of ether oxygens (including phenoxy) is 1. The summed E-state index contributed by atoms with van der Waals surface area (Å²) in [7, 11) is -2.01. The second kappa shape index (κ2) is 9.34. The van der Waals surface area contributed by atoms with Gasteiger partial charge in [0.05, 0.1) is 23.9 Å².